The highest BCUT2D eigenvalue weighted by atomic mass is 32.2. The number of hydrogen-bond donors (Lipinski definition) is 1. The molecule has 0 spiro atoms. The van der Waals surface area contributed by atoms with E-state index in [0.29, 0.717) is 18.0 Å². The molecule has 2 aromatic carbocycles. The van der Waals surface area contributed by atoms with Crippen LogP contribution in [0.3, 0.4) is 0 Å². The number of carbonyl (C=O) groups is 1. The first-order chi connectivity index (χ1) is 13.2. The molecule has 1 N–H and O–H groups in total. The van der Waals surface area contributed by atoms with Crippen molar-refractivity contribution in [2.75, 3.05) is 17.1 Å². The van der Waals surface area contributed by atoms with E-state index in [1.165, 1.54) is 4.31 Å². The fourth-order valence-corrected chi connectivity index (χ4v) is 3.83. The summed E-state index contributed by atoms with van der Waals surface area (Å²) in [5.41, 5.74) is 1.34. The topological polar surface area (TPSA) is 84.9 Å². The quantitative estimate of drug-likeness (QED) is 0.799. The zero-order chi connectivity index (χ0) is 20.3. The summed E-state index contributed by atoms with van der Waals surface area (Å²) in [6.07, 6.45) is 0.285. The monoisotopic (exact) mass is 404 g/mol. The first kappa shape index (κ1) is 20.0. The summed E-state index contributed by atoms with van der Waals surface area (Å²) < 4.78 is 36.8. The number of anilines is 1. The Labute approximate surface area is 165 Å². The lowest BCUT2D eigenvalue weighted by Gasteiger charge is -2.33. The molecule has 0 aliphatic carbocycles. The summed E-state index contributed by atoms with van der Waals surface area (Å²) >= 11 is 0. The van der Waals surface area contributed by atoms with Crippen molar-refractivity contribution in [3.8, 4) is 11.5 Å². The molecule has 1 aliphatic rings. The van der Waals surface area contributed by atoms with Crippen LogP contribution in [0.25, 0.3) is 0 Å². The number of nitrogens with one attached hydrogen (secondary N) is 1. The van der Waals surface area contributed by atoms with Gasteiger partial charge in [0.25, 0.3) is 5.91 Å². The molecule has 1 amide bonds. The van der Waals surface area contributed by atoms with Crippen LogP contribution in [0.1, 0.15) is 19.4 Å². The predicted molar refractivity (Wildman–Crippen MR) is 107 cm³/mol. The third-order valence-corrected chi connectivity index (χ3v) is 5.34. The second-order valence-corrected chi connectivity index (χ2v) is 8.80. The van der Waals surface area contributed by atoms with Crippen LogP contribution < -0.4 is 19.1 Å². The van der Waals surface area contributed by atoms with Crippen LogP contribution in [0.4, 0.5) is 5.69 Å². The van der Waals surface area contributed by atoms with Gasteiger partial charge in [0.2, 0.25) is 10.0 Å². The molecule has 3 rings (SSSR count). The number of amides is 1. The van der Waals surface area contributed by atoms with Crippen molar-refractivity contribution in [2.24, 2.45) is 0 Å². The minimum Gasteiger partial charge on any atom is -0.491 e. The van der Waals surface area contributed by atoms with Crippen molar-refractivity contribution in [2.45, 2.75) is 32.6 Å². The number of fused-ring (bicyclic) bond motifs is 1. The van der Waals surface area contributed by atoms with E-state index in [2.05, 4.69) is 5.32 Å². The van der Waals surface area contributed by atoms with Gasteiger partial charge in [0.15, 0.2) is 6.10 Å². The smallest absolute Gasteiger partial charge is 0.263 e. The van der Waals surface area contributed by atoms with E-state index in [9.17, 15) is 13.2 Å². The van der Waals surface area contributed by atoms with Crippen LogP contribution in [0, 0.1) is 0 Å². The number of nitrogens with zero attached hydrogens (tertiary/aromatic N) is 1. The summed E-state index contributed by atoms with van der Waals surface area (Å²) in [7, 11) is -3.53. The van der Waals surface area contributed by atoms with E-state index in [0.717, 1.165) is 17.6 Å². The van der Waals surface area contributed by atoms with Gasteiger partial charge in [-0.05, 0) is 43.7 Å². The van der Waals surface area contributed by atoms with Crippen molar-refractivity contribution < 1.29 is 22.7 Å². The van der Waals surface area contributed by atoms with Crippen LogP contribution in [0.5, 0.6) is 11.5 Å². The Hall–Kier alpha value is -2.74. The molecule has 0 bridgehead atoms. The van der Waals surface area contributed by atoms with Crippen molar-refractivity contribution >= 4 is 21.6 Å². The van der Waals surface area contributed by atoms with Crippen molar-refractivity contribution in [3.05, 3.63) is 54.1 Å². The number of carbonyl (C=O) groups excluding carboxylic acids is 1. The van der Waals surface area contributed by atoms with Crippen molar-refractivity contribution in [3.63, 3.8) is 0 Å². The van der Waals surface area contributed by atoms with Gasteiger partial charge < -0.3 is 14.8 Å². The van der Waals surface area contributed by atoms with Crippen LogP contribution in [-0.2, 0) is 21.4 Å². The van der Waals surface area contributed by atoms with Crippen LogP contribution in [-0.4, -0.2) is 39.3 Å². The Balaban J connectivity index is 1.66. The van der Waals surface area contributed by atoms with E-state index in [1.807, 2.05) is 38.1 Å². The maximum atomic E-state index is 12.6. The average molecular weight is 404 g/mol. The van der Waals surface area contributed by atoms with Gasteiger partial charge in [-0.3, -0.25) is 9.10 Å². The highest BCUT2D eigenvalue weighted by Gasteiger charge is 2.34. The molecule has 0 aromatic heterocycles. The van der Waals surface area contributed by atoms with Crippen molar-refractivity contribution in [1.29, 1.82) is 0 Å². The van der Waals surface area contributed by atoms with Crippen LogP contribution in [0.15, 0.2) is 48.5 Å². The molecular formula is C20H24N2O5S. The molecule has 1 heterocycles. The molecule has 0 radical (unpaired) electrons. The zero-order valence-electron chi connectivity index (χ0n) is 16.1. The summed E-state index contributed by atoms with van der Waals surface area (Å²) in [5, 5.41) is 2.81. The van der Waals surface area contributed by atoms with Crippen LogP contribution >= 0.6 is 0 Å². The van der Waals surface area contributed by atoms with Gasteiger partial charge in [-0.1, -0.05) is 24.3 Å². The molecule has 0 unspecified atom stereocenters. The summed E-state index contributed by atoms with van der Waals surface area (Å²) in [4.78, 5) is 12.6. The fourth-order valence-electron chi connectivity index (χ4n) is 2.91. The van der Waals surface area contributed by atoms with E-state index < -0.39 is 16.1 Å². The largest absolute Gasteiger partial charge is 0.491 e. The number of sulfonamides is 1. The lowest BCUT2D eigenvalue weighted by molar-refractivity contribution is -0.127. The molecule has 2 aromatic rings. The molecule has 0 saturated carbocycles. The molecule has 0 saturated heterocycles. The van der Waals surface area contributed by atoms with Gasteiger partial charge in [0, 0.05) is 6.54 Å². The first-order valence-corrected chi connectivity index (χ1v) is 10.9. The predicted octanol–water partition coefficient (Wildman–Crippen LogP) is 2.32. The van der Waals surface area contributed by atoms with Gasteiger partial charge in [0.05, 0.1) is 24.6 Å². The lowest BCUT2D eigenvalue weighted by atomic mass is 10.2. The lowest BCUT2D eigenvalue weighted by Crippen LogP contribution is -2.50. The molecule has 1 atom stereocenters. The second kappa shape index (κ2) is 8.10. The van der Waals surface area contributed by atoms with E-state index in [1.54, 1.807) is 24.3 Å². The van der Waals surface area contributed by atoms with Crippen LogP contribution in [0.2, 0.25) is 0 Å². The minimum absolute atomic E-state index is 0.0666. The van der Waals surface area contributed by atoms with E-state index in [4.69, 9.17) is 9.47 Å². The normalized spacial score (nSPS) is 16.3. The second-order valence-electron chi connectivity index (χ2n) is 6.90. The van der Waals surface area contributed by atoms with Crippen molar-refractivity contribution in [1.82, 2.24) is 5.32 Å². The highest BCUT2D eigenvalue weighted by Crippen LogP contribution is 2.34. The van der Waals surface area contributed by atoms with Gasteiger partial charge in [-0.2, -0.15) is 0 Å². The minimum atomic E-state index is -3.53. The summed E-state index contributed by atoms with van der Waals surface area (Å²) in [6.45, 7) is 4.15. The van der Waals surface area contributed by atoms with Gasteiger partial charge in [-0.25, -0.2) is 8.42 Å². The van der Waals surface area contributed by atoms with E-state index in [-0.39, 0.29) is 18.6 Å². The SMILES string of the molecule is CC(C)Oc1ccc(CNC(=O)[C@@H]2CN(S(C)(=O)=O)c3ccccc3O2)cc1. The van der Waals surface area contributed by atoms with Gasteiger partial charge >= 0.3 is 0 Å². The Morgan fingerprint density at radius 2 is 1.89 bits per heavy atom. The third kappa shape index (κ3) is 4.75. The Kier molecular flexibility index (Phi) is 5.79. The molecule has 8 heteroatoms. The van der Waals surface area contributed by atoms with Gasteiger partial charge in [0.1, 0.15) is 11.5 Å². The fraction of sp³-hybridized carbons (Fsp3) is 0.350. The van der Waals surface area contributed by atoms with E-state index >= 15 is 0 Å². The Morgan fingerprint density at radius 3 is 2.54 bits per heavy atom. The maximum absolute atomic E-state index is 12.6. The molecule has 7 nitrogen and oxygen atoms in total. The molecule has 28 heavy (non-hydrogen) atoms. The molecule has 150 valence electrons. The zero-order valence-corrected chi connectivity index (χ0v) is 16.9. The third-order valence-electron chi connectivity index (χ3n) is 4.19. The number of rotatable bonds is 6. The molecule has 1 aliphatic heterocycles. The summed E-state index contributed by atoms with van der Waals surface area (Å²) in [5.74, 6) is 0.765. The Bertz CT molecular complexity index is 941. The number of ether oxygens (including phenoxy) is 2. The molecule has 0 fully saturated rings. The number of para-hydroxylation sites is 2. The standard InChI is InChI=1S/C20H24N2O5S/c1-14(2)26-16-10-8-15(9-11-16)12-21-20(23)19-13-22(28(3,24)25)17-6-4-5-7-18(17)27-19/h4-11,14,19H,12-13H2,1-3H3,(H,21,23)/t19-/m0/s1. The average Bonchev–Trinajstić information content (AvgIpc) is 2.65. The maximum Gasteiger partial charge on any atom is 0.263 e. The summed E-state index contributed by atoms with van der Waals surface area (Å²) in [6, 6.07) is 14.2. The highest BCUT2D eigenvalue weighted by molar-refractivity contribution is 7.92. The van der Waals surface area contributed by atoms with Gasteiger partial charge in [-0.15, -0.1) is 0 Å². The first-order valence-electron chi connectivity index (χ1n) is 9.01. The molecular weight excluding hydrogens is 380 g/mol. The number of hydrogen-bond acceptors (Lipinski definition) is 5. The number of benzene rings is 2. The Morgan fingerprint density at radius 1 is 1.21 bits per heavy atom.